The van der Waals surface area contributed by atoms with Crippen molar-refractivity contribution in [3.8, 4) is 5.75 Å². The van der Waals surface area contributed by atoms with E-state index in [4.69, 9.17) is 9.84 Å². The molecule has 0 aliphatic heterocycles. The molecule has 0 spiro atoms. The Kier molecular flexibility index (Phi) is 5.79. The van der Waals surface area contributed by atoms with Crippen LogP contribution in [0.3, 0.4) is 0 Å². The van der Waals surface area contributed by atoms with Gasteiger partial charge in [0.25, 0.3) is 0 Å². The largest absolute Gasteiger partial charge is 0.492 e. The van der Waals surface area contributed by atoms with Gasteiger partial charge in [0.1, 0.15) is 18.4 Å². The maximum Gasteiger partial charge on any atom is 0.325 e. The monoisotopic (exact) mass is 308 g/mol. The van der Waals surface area contributed by atoms with Crippen LogP contribution in [0, 0.1) is 5.41 Å². The van der Waals surface area contributed by atoms with E-state index in [-0.39, 0.29) is 12.5 Å². The maximum atomic E-state index is 12.1. The van der Waals surface area contributed by atoms with E-state index in [1.807, 2.05) is 43.3 Å². The molecule has 0 radical (unpaired) electrons. The van der Waals surface area contributed by atoms with Crippen molar-refractivity contribution in [1.82, 2.24) is 5.32 Å². The van der Waals surface area contributed by atoms with Crippen molar-refractivity contribution in [2.24, 2.45) is 5.41 Å². The Hall–Kier alpha value is -2.24. The molecule has 0 fully saturated rings. The van der Waals surface area contributed by atoms with Crippen LogP contribution in [0.25, 0.3) is 0 Å². The zero-order valence-electron chi connectivity index (χ0n) is 13.7. The summed E-state index contributed by atoms with van der Waals surface area (Å²) in [5.74, 6) is -0.756. The summed E-state index contributed by atoms with van der Waals surface area (Å²) < 4.78 is 5.69. The van der Waals surface area contributed by atoms with Gasteiger partial charge in [-0.3, -0.25) is 9.59 Å². The molecule has 122 valence electrons. The minimum Gasteiger partial charge on any atom is -0.492 e. The standard InChI is InChI=1S/C16H24N2O4/c1-11(14(19)20)17-15(21)16(2,3)10-22-13-8-6-7-12(9-13)18(4)5/h6-9,11H,10H2,1-5H3,(H,17,21)(H,19,20). The molecule has 0 bridgehead atoms. The quantitative estimate of drug-likeness (QED) is 0.802. The summed E-state index contributed by atoms with van der Waals surface area (Å²) in [6.07, 6.45) is 0. The number of hydrogen-bond acceptors (Lipinski definition) is 4. The van der Waals surface area contributed by atoms with Gasteiger partial charge in [-0.25, -0.2) is 0 Å². The number of amides is 1. The Balaban J connectivity index is 2.67. The molecular formula is C16H24N2O4. The normalized spacial score (nSPS) is 12.4. The van der Waals surface area contributed by atoms with Crippen molar-refractivity contribution in [2.75, 3.05) is 25.6 Å². The molecule has 22 heavy (non-hydrogen) atoms. The number of aliphatic carboxylic acids is 1. The first kappa shape index (κ1) is 17.8. The highest BCUT2D eigenvalue weighted by molar-refractivity contribution is 5.86. The number of hydrogen-bond donors (Lipinski definition) is 2. The number of carbonyl (C=O) groups excluding carboxylic acids is 1. The van der Waals surface area contributed by atoms with E-state index in [1.165, 1.54) is 6.92 Å². The van der Waals surface area contributed by atoms with Crippen LogP contribution in [0.2, 0.25) is 0 Å². The molecule has 6 nitrogen and oxygen atoms in total. The zero-order valence-corrected chi connectivity index (χ0v) is 13.7. The molecule has 0 aliphatic rings. The third kappa shape index (κ3) is 4.95. The number of carbonyl (C=O) groups is 2. The van der Waals surface area contributed by atoms with E-state index in [0.29, 0.717) is 5.75 Å². The summed E-state index contributed by atoms with van der Waals surface area (Å²) in [5, 5.41) is 11.3. The fourth-order valence-electron chi connectivity index (χ4n) is 1.63. The van der Waals surface area contributed by atoms with Gasteiger partial charge in [-0.15, -0.1) is 0 Å². The van der Waals surface area contributed by atoms with Gasteiger partial charge in [0, 0.05) is 25.8 Å². The summed E-state index contributed by atoms with van der Waals surface area (Å²) in [5.41, 5.74) is 0.164. The first-order chi connectivity index (χ1) is 10.1. The number of rotatable bonds is 7. The topological polar surface area (TPSA) is 78.9 Å². The number of anilines is 1. The number of carboxylic acid groups (broad SMARTS) is 1. The van der Waals surface area contributed by atoms with E-state index in [0.717, 1.165) is 5.69 Å². The van der Waals surface area contributed by atoms with Gasteiger partial charge in [0.05, 0.1) is 5.41 Å². The van der Waals surface area contributed by atoms with Crippen LogP contribution in [0.5, 0.6) is 5.75 Å². The van der Waals surface area contributed by atoms with Crippen LogP contribution in [-0.4, -0.2) is 43.7 Å². The summed E-state index contributed by atoms with van der Waals surface area (Å²) in [6, 6.07) is 6.61. The molecule has 0 saturated heterocycles. The van der Waals surface area contributed by atoms with E-state index in [2.05, 4.69) is 5.32 Å². The van der Waals surface area contributed by atoms with Gasteiger partial charge < -0.3 is 20.1 Å². The van der Waals surface area contributed by atoms with Crippen LogP contribution >= 0.6 is 0 Å². The van der Waals surface area contributed by atoms with Gasteiger partial charge in [0.15, 0.2) is 0 Å². The van der Waals surface area contributed by atoms with Crippen LogP contribution in [0.1, 0.15) is 20.8 Å². The van der Waals surface area contributed by atoms with E-state index in [1.54, 1.807) is 13.8 Å². The van der Waals surface area contributed by atoms with Crippen molar-refractivity contribution in [3.63, 3.8) is 0 Å². The molecular weight excluding hydrogens is 284 g/mol. The number of benzene rings is 1. The average Bonchev–Trinajstić information content (AvgIpc) is 2.45. The molecule has 0 aromatic heterocycles. The fourth-order valence-corrected chi connectivity index (χ4v) is 1.63. The first-order valence-corrected chi connectivity index (χ1v) is 7.07. The molecule has 1 aromatic carbocycles. The molecule has 1 unspecified atom stereocenters. The lowest BCUT2D eigenvalue weighted by molar-refractivity contribution is -0.143. The molecule has 0 aliphatic carbocycles. The second-order valence-electron chi connectivity index (χ2n) is 6.10. The summed E-state index contributed by atoms with van der Waals surface area (Å²) in [6.45, 7) is 5.01. The van der Waals surface area contributed by atoms with Crippen molar-refractivity contribution in [1.29, 1.82) is 0 Å². The predicted octanol–water partition coefficient (Wildman–Crippen LogP) is 1.75. The van der Waals surface area contributed by atoms with Gasteiger partial charge in [-0.2, -0.15) is 0 Å². The summed E-state index contributed by atoms with van der Waals surface area (Å²) in [7, 11) is 3.87. The highest BCUT2D eigenvalue weighted by atomic mass is 16.5. The van der Waals surface area contributed by atoms with Gasteiger partial charge >= 0.3 is 5.97 Å². The second-order valence-corrected chi connectivity index (χ2v) is 6.10. The fraction of sp³-hybridized carbons (Fsp3) is 0.500. The Morgan fingerprint density at radius 2 is 2.00 bits per heavy atom. The lowest BCUT2D eigenvalue weighted by Gasteiger charge is -2.25. The third-order valence-corrected chi connectivity index (χ3v) is 3.27. The molecule has 0 saturated carbocycles. The minimum atomic E-state index is -1.07. The van der Waals surface area contributed by atoms with Gasteiger partial charge in [-0.1, -0.05) is 6.07 Å². The number of carboxylic acids is 1. The van der Waals surface area contributed by atoms with E-state index < -0.39 is 17.4 Å². The van der Waals surface area contributed by atoms with Crippen molar-refractivity contribution >= 4 is 17.6 Å². The van der Waals surface area contributed by atoms with E-state index >= 15 is 0 Å². The average molecular weight is 308 g/mol. The molecule has 0 heterocycles. The summed E-state index contributed by atoms with van der Waals surface area (Å²) in [4.78, 5) is 24.9. The van der Waals surface area contributed by atoms with Crippen LogP contribution in [0.4, 0.5) is 5.69 Å². The van der Waals surface area contributed by atoms with Crippen molar-refractivity contribution < 1.29 is 19.4 Å². The highest BCUT2D eigenvalue weighted by Crippen LogP contribution is 2.23. The smallest absolute Gasteiger partial charge is 0.325 e. The Morgan fingerprint density at radius 1 is 1.36 bits per heavy atom. The number of nitrogens with zero attached hydrogens (tertiary/aromatic N) is 1. The predicted molar refractivity (Wildman–Crippen MR) is 85.3 cm³/mol. The Bertz CT molecular complexity index is 541. The number of ether oxygens (including phenoxy) is 1. The third-order valence-electron chi connectivity index (χ3n) is 3.27. The van der Waals surface area contributed by atoms with E-state index in [9.17, 15) is 9.59 Å². The lowest BCUT2D eigenvalue weighted by Crippen LogP contribution is -2.47. The van der Waals surface area contributed by atoms with Gasteiger partial charge in [0.2, 0.25) is 5.91 Å². The highest BCUT2D eigenvalue weighted by Gasteiger charge is 2.30. The minimum absolute atomic E-state index is 0.155. The summed E-state index contributed by atoms with van der Waals surface area (Å²) >= 11 is 0. The Morgan fingerprint density at radius 3 is 2.55 bits per heavy atom. The molecule has 6 heteroatoms. The lowest BCUT2D eigenvalue weighted by atomic mass is 9.93. The van der Waals surface area contributed by atoms with Crippen LogP contribution in [0.15, 0.2) is 24.3 Å². The van der Waals surface area contributed by atoms with Crippen LogP contribution < -0.4 is 15.0 Å². The molecule has 1 atom stereocenters. The zero-order chi connectivity index (χ0) is 16.9. The Labute approximate surface area is 131 Å². The SMILES string of the molecule is CC(NC(=O)C(C)(C)COc1cccc(N(C)C)c1)C(=O)O. The number of nitrogens with one attached hydrogen (secondary N) is 1. The maximum absolute atomic E-state index is 12.1. The molecule has 1 aromatic rings. The van der Waals surface area contributed by atoms with Crippen LogP contribution in [-0.2, 0) is 9.59 Å². The molecule has 1 amide bonds. The molecule has 1 rings (SSSR count). The second kappa shape index (κ2) is 7.15. The first-order valence-electron chi connectivity index (χ1n) is 7.07. The van der Waals surface area contributed by atoms with Gasteiger partial charge in [-0.05, 0) is 32.9 Å². The van der Waals surface area contributed by atoms with Crippen molar-refractivity contribution in [3.05, 3.63) is 24.3 Å². The van der Waals surface area contributed by atoms with Crippen molar-refractivity contribution in [2.45, 2.75) is 26.8 Å². The molecule has 2 N–H and O–H groups in total.